The molecular weight excluding hydrogens is 308 g/mol. The van der Waals surface area contributed by atoms with Gasteiger partial charge in [0.15, 0.2) is 0 Å². The van der Waals surface area contributed by atoms with E-state index in [2.05, 4.69) is 72.6 Å². The summed E-state index contributed by atoms with van der Waals surface area (Å²) < 4.78 is 0. The van der Waals surface area contributed by atoms with Gasteiger partial charge < -0.3 is 5.32 Å². The van der Waals surface area contributed by atoms with Crippen molar-refractivity contribution < 1.29 is 4.79 Å². The Labute approximate surface area is 151 Å². The molecule has 3 rings (SSSR count). The summed E-state index contributed by atoms with van der Waals surface area (Å²) in [6, 6.07) is 17.0. The van der Waals surface area contributed by atoms with Gasteiger partial charge in [0.05, 0.1) is 0 Å². The molecule has 2 aromatic carbocycles. The van der Waals surface area contributed by atoms with E-state index in [-0.39, 0.29) is 11.8 Å². The smallest absolute Gasteiger partial charge is 0.223 e. The van der Waals surface area contributed by atoms with Crippen molar-refractivity contribution in [2.45, 2.75) is 39.8 Å². The number of hydrogen-bond donors (Lipinski definition) is 1. The summed E-state index contributed by atoms with van der Waals surface area (Å²) in [5, 5.41) is 3.10. The van der Waals surface area contributed by atoms with Gasteiger partial charge in [-0.2, -0.15) is 0 Å². The molecule has 0 unspecified atom stereocenters. The molecule has 132 valence electrons. The monoisotopic (exact) mass is 336 g/mol. The van der Waals surface area contributed by atoms with Crippen LogP contribution in [0.25, 0.3) is 0 Å². The number of likely N-dealkylation sites (tertiary alicyclic amines) is 1. The average Bonchev–Trinajstić information content (AvgIpc) is 2.62. The van der Waals surface area contributed by atoms with Gasteiger partial charge in [0.2, 0.25) is 5.91 Å². The number of nitrogens with one attached hydrogen (secondary N) is 1. The van der Waals surface area contributed by atoms with Gasteiger partial charge in [0.1, 0.15) is 0 Å². The van der Waals surface area contributed by atoms with Crippen LogP contribution >= 0.6 is 0 Å². The number of amides is 1. The lowest BCUT2D eigenvalue weighted by Crippen LogP contribution is -2.40. The highest BCUT2D eigenvalue weighted by Crippen LogP contribution is 2.19. The van der Waals surface area contributed by atoms with E-state index < -0.39 is 0 Å². The van der Waals surface area contributed by atoms with E-state index in [1.54, 1.807) is 0 Å². The number of hydrogen-bond acceptors (Lipinski definition) is 2. The molecule has 0 aromatic heterocycles. The molecule has 25 heavy (non-hydrogen) atoms. The van der Waals surface area contributed by atoms with Crippen molar-refractivity contribution in [2.24, 2.45) is 5.92 Å². The second-order valence-corrected chi connectivity index (χ2v) is 7.24. The zero-order valence-corrected chi connectivity index (χ0v) is 15.3. The van der Waals surface area contributed by atoms with Crippen molar-refractivity contribution in [3.8, 4) is 0 Å². The number of carbonyl (C=O) groups is 1. The highest BCUT2D eigenvalue weighted by molar-refractivity contribution is 5.78. The molecule has 1 heterocycles. The molecule has 1 aliphatic heterocycles. The van der Waals surface area contributed by atoms with Gasteiger partial charge in [-0.15, -0.1) is 0 Å². The standard InChI is InChI=1S/C22H28N2O/c1-17-6-8-19(9-7-17)15-23-22(25)21-10-12-24(13-11-21)16-20-5-3-4-18(2)14-20/h3-9,14,21H,10-13,15-16H2,1-2H3,(H,23,25). The fourth-order valence-electron chi connectivity index (χ4n) is 3.46. The van der Waals surface area contributed by atoms with Crippen molar-refractivity contribution in [1.82, 2.24) is 10.2 Å². The van der Waals surface area contributed by atoms with Crippen molar-refractivity contribution >= 4 is 5.91 Å². The van der Waals surface area contributed by atoms with E-state index in [1.807, 2.05) is 0 Å². The van der Waals surface area contributed by atoms with Gasteiger partial charge in [-0.1, -0.05) is 59.7 Å². The van der Waals surface area contributed by atoms with Crippen LogP contribution in [0.3, 0.4) is 0 Å². The lowest BCUT2D eigenvalue weighted by molar-refractivity contribution is -0.126. The Hall–Kier alpha value is -2.13. The number of nitrogens with zero attached hydrogens (tertiary/aromatic N) is 1. The van der Waals surface area contributed by atoms with Crippen LogP contribution in [-0.2, 0) is 17.9 Å². The van der Waals surface area contributed by atoms with Crippen LogP contribution < -0.4 is 5.32 Å². The van der Waals surface area contributed by atoms with E-state index in [0.29, 0.717) is 6.54 Å². The molecule has 1 aliphatic rings. The number of piperidine rings is 1. The lowest BCUT2D eigenvalue weighted by Gasteiger charge is -2.31. The highest BCUT2D eigenvalue weighted by Gasteiger charge is 2.24. The van der Waals surface area contributed by atoms with Crippen LogP contribution in [-0.4, -0.2) is 23.9 Å². The zero-order valence-electron chi connectivity index (χ0n) is 15.3. The third kappa shape index (κ3) is 5.17. The fraction of sp³-hybridized carbons (Fsp3) is 0.409. The van der Waals surface area contributed by atoms with Gasteiger partial charge >= 0.3 is 0 Å². The summed E-state index contributed by atoms with van der Waals surface area (Å²) in [4.78, 5) is 14.9. The second-order valence-electron chi connectivity index (χ2n) is 7.24. The van der Waals surface area contributed by atoms with E-state index in [1.165, 1.54) is 16.7 Å². The highest BCUT2D eigenvalue weighted by atomic mass is 16.1. The topological polar surface area (TPSA) is 32.3 Å². The normalized spacial score (nSPS) is 15.9. The Morgan fingerprint density at radius 1 is 1.00 bits per heavy atom. The number of aryl methyl sites for hydroxylation is 2. The van der Waals surface area contributed by atoms with Gasteiger partial charge in [-0.25, -0.2) is 0 Å². The Morgan fingerprint density at radius 2 is 1.72 bits per heavy atom. The molecule has 1 amide bonds. The summed E-state index contributed by atoms with van der Waals surface area (Å²) in [5.74, 6) is 0.356. The third-order valence-electron chi connectivity index (χ3n) is 5.03. The Morgan fingerprint density at radius 3 is 2.40 bits per heavy atom. The Bertz CT molecular complexity index is 700. The lowest BCUT2D eigenvalue weighted by atomic mass is 9.95. The van der Waals surface area contributed by atoms with Crippen LogP contribution in [0.15, 0.2) is 48.5 Å². The first-order valence-corrected chi connectivity index (χ1v) is 9.21. The third-order valence-corrected chi connectivity index (χ3v) is 5.03. The number of carbonyl (C=O) groups excluding carboxylic acids is 1. The molecule has 0 saturated carbocycles. The summed E-state index contributed by atoms with van der Waals surface area (Å²) >= 11 is 0. The Balaban J connectivity index is 1.43. The molecule has 3 nitrogen and oxygen atoms in total. The summed E-state index contributed by atoms with van der Waals surface area (Å²) in [6.45, 7) is 7.82. The maximum Gasteiger partial charge on any atom is 0.223 e. The van der Waals surface area contributed by atoms with Crippen LogP contribution in [0.2, 0.25) is 0 Å². The minimum atomic E-state index is 0.152. The number of benzene rings is 2. The van der Waals surface area contributed by atoms with Gasteiger partial charge in [0.25, 0.3) is 0 Å². The summed E-state index contributed by atoms with van der Waals surface area (Å²) in [5.41, 5.74) is 5.08. The molecule has 0 bridgehead atoms. The molecule has 0 radical (unpaired) electrons. The van der Waals surface area contributed by atoms with Crippen LogP contribution in [0.4, 0.5) is 0 Å². The summed E-state index contributed by atoms with van der Waals surface area (Å²) in [6.07, 6.45) is 1.90. The molecular formula is C22H28N2O. The molecule has 3 heteroatoms. The van der Waals surface area contributed by atoms with Gasteiger partial charge in [-0.05, 0) is 50.9 Å². The van der Waals surface area contributed by atoms with Crippen LogP contribution in [0.1, 0.15) is 35.1 Å². The van der Waals surface area contributed by atoms with Crippen molar-refractivity contribution in [3.05, 3.63) is 70.8 Å². The SMILES string of the molecule is Cc1ccc(CNC(=O)C2CCN(Cc3cccc(C)c3)CC2)cc1. The minimum absolute atomic E-state index is 0.152. The predicted octanol–water partition coefficient (Wildman–Crippen LogP) is 3.83. The molecule has 1 fully saturated rings. The van der Waals surface area contributed by atoms with E-state index in [9.17, 15) is 4.79 Å². The van der Waals surface area contributed by atoms with Crippen molar-refractivity contribution in [3.63, 3.8) is 0 Å². The molecule has 0 aliphatic carbocycles. The average molecular weight is 336 g/mol. The largest absolute Gasteiger partial charge is 0.352 e. The van der Waals surface area contributed by atoms with Gasteiger partial charge in [-0.3, -0.25) is 9.69 Å². The molecule has 2 aromatic rings. The fourth-order valence-corrected chi connectivity index (χ4v) is 3.46. The molecule has 1 saturated heterocycles. The van der Waals surface area contributed by atoms with Crippen LogP contribution in [0.5, 0.6) is 0 Å². The Kier molecular flexibility index (Phi) is 5.87. The van der Waals surface area contributed by atoms with E-state index in [4.69, 9.17) is 0 Å². The van der Waals surface area contributed by atoms with Crippen molar-refractivity contribution in [1.29, 1.82) is 0 Å². The van der Waals surface area contributed by atoms with Crippen molar-refractivity contribution in [2.75, 3.05) is 13.1 Å². The molecule has 0 atom stereocenters. The first-order chi connectivity index (χ1) is 12.1. The maximum absolute atomic E-state index is 12.4. The number of rotatable bonds is 5. The first kappa shape index (κ1) is 17.7. The predicted molar refractivity (Wildman–Crippen MR) is 102 cm³/mol. The summed E-state index contributed by atoms with van der Waals surface area (Å²) in [7, 11) is 0. The van der Waals surface area contributed by atoms with E-state index >= 15 is 0 Å². The second kappa shape index (κ2) is 8.30. The zero-order chi connectivity index (χ0) is 17.6. The molecule has 0 spiro atoms. The first-order valence-electron chi connectivity index (χ1n) is 9.21. The quantitative estimate of drug-likeness (QED) is 0.900. The van der Waals surface area contributed by atoms with Gasteiger partial charge in [0, 0.05) is 19.0 Å². The molecule has 1 N–H and O–H groups in total. The minimum Gasteiger partial charge on any atom is -0.352 e. The van der Waals surface area contributed by atoms with E-state index in [0.717, 1.165) is 38.0 Å². The van der Waals surface area contributed by atoms with Crippen LogP contribution in [0, 0.1) is 19.8 Å². The maximum atomic E-state index is 12.4.